The third kappa shape index (κ3) is 3.88. The van der Waals surface area contributed by atoms with Crippen LogP contribution in [0.4, 0.5) is 6.01 Å². The first kappa shape index (κ1) is 15.6. The molecule has 1 aliphatic carbocycles. The predicted molar refractivity (Wildman–Crippen MR) is 84.2 cm³/mol. The van der Waals surface area contributed by atoms with E-state index in [-0.39, 0.29) is 6.04 Å². The molecule has 1 saturated carbocycles. The highest BCUT2D eigenvalue weighted by atomic mass is 32.2. The third-order valence-corrected chi connectivity index (χ3v) is 5.44. The van der Waals surface area contributed by atoms with Gasteiger partial charge in [-0.25, -0.2) is 0 Å². The quantitative estimate of drug-likeness (QED) is 0.768. The molecule has 0 aliphatic heterocycles. The Balaban J connectivity index is 1.86. The van der Waals surface area contributed by atoms with Gasteiger partial charge in [0.2, 0.25) is 5.89 Å². The molecule has 1 fully saturated rings. The average Bonchev–Trinajstić information content (AvgIpc) is 3.12. The maximum Gasteiger partial charge on any atom is 0.315 e. The molecule has 0 spiro atoms. The van der Waals surface area contributed by atoms with Crippen LogP contribution < -0.4 is 10.6 Å². The predicted octanol–water partition coefficient (Wildman–Crippen LogP) is 3.22. The molecule has 2 N–H and O–H groups in total. The van der Waals surface area contributed by atoms with Crippen molar-refractivity contribution in [1.82, 2.24) is 15.5 Å². The lowest BCUT2D eigenvalue weighted by Crippen LogP contribution is -2.30. The van der Waals surface area contributed by atoms with E-state index in [4.69, 9.17) is 4.42 Å². The summed E-state index contributed by atoms with van der Waals surface area (Å²) in [5.41, 5.74) is 0. The van der Waals surface area contributed by atoms with Crippen molar-refractivity contribution >= 4 is 17.8 Å². The smallest absolute Gasteiger partial charge is 0.315 e. The first-order valence-electron chi connectivity index (χ1n) is 7.55. The Morgan fingerprint density at radius 1 is 1.35 bits per heavy atom. The molecule has 0 radical (unpaired) electrons. The van der Waals surface area contributed by atoms with Crippen molar-refractivity contribution < 1.29 is 4.42 Å². The number of thioether (sulfide) groups is 1. The Hall–Kier alpha value is -0.750. The lowest BCUT2D eigenvalue weighted by atomic mass is 10.1. The highest BCUT2D eigenvalue weighted by Crippen LogP contribution is 2.40. The van der Waals surface area contributed by atoms with Crippen LogP contribution in [0, 0.1) is 0 Å². The minimum absolute atomic E-state index is 0.110. The van der Waals surface area contributed by atoms with Crippen molar-refractivity contribution in [3.05, 3.63) is 5.89 Å². The Morgan fingerprint density at radius 2 is 2.10 bits per heavy atom. The monoisotopic (exact) mass is 298 g/mol. The molecule has 1 heterocycles. The van der Waals surface area contributed by atoms with E-state index in [0.29, 0.717) is 16.7 Å². The SMILES string of the molecule is CCCNC(C)c1nnc(NCC2(SC)CCCC2)o1. The first-order valence-corrected chi connectivity index (χ1v) is 8.77. The van der Waals surface area contributed by atoms with E-state index in [1.807, 2.05) is 18.7 Å². The van der Waals surface area contributed by atoms with Gasteiger partial charge in [-0.05, 0) is 39.0 Å². The topological polar surface area (TPSA) is 63.0 Å². The average molecular weight is 298 g/mol. The van der Waals surface area contributed by atoms with Gasteiger partial charge in [0, 0.05) is 11.3 Å². The number of nitrogens with zero attached hydrogens (tertiary/aromatic N) is 2. The summed E-state index contributed by atoms with van der Waals surface area (Å²) in [7, 11) is 0. The van der Waals surface area contributed by atoms with Gasteiger partial charge >= 0.3 is 6.01 Å². The zero-order valence-corrected chi connectivity index (χ0v) is 13.6. The largest absolute Gasteiger partial charge is 0.406 e. The molecule has 5 nitrogen and oxygen atoms in total. The van der Waals surface area contributed by atoms with Crippen LogP contribution in [0.3, 0.4) is 0 Å². The van der Waals surface area contributed by atoms with Crippen molar-refractivity contribution in [2.75, 3.05) is 24.7 Å². The van der Waals surface area contributed by atoms with E-state index in [1.54, 1.807) is 0 Å². The minimum Gasteiger partial charge on any atom is -0.406 e. The molecule has 114 valence electrons. The molecule has 20 heavy (non-hydrogen) atoms. The number of hydrogen-bond donors (Lipinski definition) is 2. The van der Waals surface area contributed by atoms with Crippen LogP contribution in [0.1, 0.15) is 57.9 Å². The lowest BCUT2D eigenvalue weighted by Gasteiger charge is -2.26. The van der Waals surface area contributed by atoms with Crippen molar-refractivity contribution in [3.8, 4) is 0 Å². The second-order valence-electron chi connectivity index (χ2n) is 5.57. The molecule has 0 aromatic carbocycles. The van der Waals surface area contributed by atoms with Gasteiger partial charge in [0.15, 0.2) is 0 Å². The fourth-order valence-electron chi connectivity index (χ4n) is 2.64. The number of anilines is 1. The number of hydrogen-bond acceptors (Lipinski definition) is 6. The molecule has 2 rings (SSSR count). The molecule has 0 amide bonds. The standard InChI is InChI=1S/C14H26N4OS/c1-4-9-15-11(2)12-17-18-13(19-12)16-10-14(20-3)7-5-6-8-14/h11,15H,4-10H2,1-3H3,(H,16,18). The van der Waals surface area contributed by atoms with E-state index >= 15 is 0 Å². The summed E-state index contributed by atoms with van der Waals surface area (Å²) >= 11 is 1.96. The van der Waals surface area contributed by atoms with Crippen molar-refractivity contribution in [3.63, 3.8) is 0 Å². The second-order valence-corrected chi connectivity index (χ2v) is 6.84. The van der Waals surface area contributed by atoms with Gasteiger partial charge in [0.05, 0.1) is 6.04 Å². The highest BCUT2D eigenvalue weighted by Gasteiger charge is 2.33. The molecule has 1 aromatic rings. The van der Waals surface area contributed by atoms with Gasteiger partial charge in [-0.2, -0.15) is 11.8 Å². The van der Waals surface area contributed by atoms with Gasteiger partial charge in [0.1, 0.15) is 0 Å². The third-order valence-electron chi connectivity index (χ3n) is 4.02. The van der Waals surface area contributed by atoms with Crippen LogP contribution in [-0.4, -0.2) is 34.3 Å². The molecular formula is C14H26N4OS. The molecule has 0 bridgehead atoms. The second kappa shape index (κ2) is 7.31. The molecular weight excluding hydrogens is 272 g/mol. The van der Waals surface area contributed by atoms with Gasteiger partial charge in [-0.1, -0.05) is 24.9 Å². The van der Waals surface area contributed by atoms with E-state index in [1.165, 1.54) is 25.7 Å². The summed E-state index contributed by atoms with van der Waals surface area (Å²) in [6, 6.07) is 0.657. The zero-order chi connectivity index (χ0) is 14.4. The summed E-state index contributed by atoms with van der Waals surface area (Å²) in [5.74, 6) is 0.658. The Bertz CT molecular complexity index is 404. The fraction of sp³-hybridized carbons (Fsp3) is 0.857. The molecule has 1 atom stereocenters. The summed E-state index contributed by atoms with van der Waals surface area (Å²) in [5, 5.41) is 14.9. The van der Waals surface area contributed by atoms with Crippen molar-refractivity contribution in [2.45, 2.75) is 56.7 Å². The van der Waals surface area contributed by atoms with Crippen LogP contribution in [0.5, 0.6) is 0 Å². The van der Waals surface area contributed by atoms with E-state index in [0.717, 1.165) is 19.5 Å². The van der Waals surface area contributed by atoms with Crippen molar-refractivity contribution in [2.24, 2.45) is 0 Å². The summed E-state index contributed by atoms with van der Waals surface area (Å²) in [6.45, 7) is 6.06. The van der Waals surface area contributed by atoms with E-state index in [2.05, 4.69) is 34.0 Å². The molecule has 1 aliphatic rings. The molecule has 1 unspecified atom stereocenters. The van der Waals surface area contributed by atoms with Crippen molar-refractivity contribution in [1.29, 1.82) is 0 Å². The Morgan fingerprint density at radius 3 is 2.75 bits per heavy atom. The minimum atomic E-state index is 0.110. The summed E-state index contributed by atoms with van der Waals surface area (Å²) in [4.78, 5) is 0. The molecule has 1 aromatic heterocycles. The Labute approximate surface area is 125 Å². The molecule has 0 saturated heterocycles. The van der Waals surface area contributed by atoms with Crippen LogP contribution in [-0.2, 0) is 0 Å². The maximum absolute atomic E-state index is 5.69. The van der Waals surface area contributed by atoms with Crippen LogP contribution >= 0.6 is 11.8 Å². The number of nitrogens with one attached hydrogen (secondary N) is 2. The van der Waals surface area contributed by atoms with Crippen LogP contribution in [0.25, 0.3) is 0 Å². The lowest BCUT2D eigenvalue weighted by molar-refractivity contribution is 0.422. The van der Waals surface area contributed by atoms with Crippen LogP contribution in [0.2, 0.25) is 0 Å². The van der Waals surface area contributed by atoms with Gasteiger partial charge < -0.3 is 15.1 Å². The molecule has 6 heteroatoms. The van der Waals surface area contributed by atoms with Crippen LogP contribution in [0.15, 0.2) is 4.42 Å². The van der Waals surface area contributed by atoms with E-state index in [9.17, 15) is 0 Å². The van der Waals surface area contributed by atoms with Gasteiger partial charge in [0.25, 0.3) is 0 Å². The number of rotatable bonds is 8. The summed E-state index contributed by atoms with van der Waals surface area (Å²) in [6.07, 6.45) is 8.50. The Kier molecular flexibility index (Phi) is 5.72. The van der Waals surface area contributed by atoms with E-state index < -0.39 is 0 Å². The van der Waals surface area contributed by atoms with Gasteiger partial charge in [-0.3, -0.25) is 0 Å². The fourth-order valence-corrected chi connectivity index (χ4v) is 3.55. The summed E-state index contributed by atoms with van der Waals surface area (Å²) < 4.78 is 6.03. The highest BCUT2D eigenvalue weighted by molar-refractivity contribution is 8.00. The number of aromatic nitrogens is 2. The maximum atomic E-state index is 5.69. The first-order chi connectivity index (χ1) is 9.69. The normalized spacial score (nSPS) is 19.1. The van der Waals surface area contributed by atoms with Gasteiger partial charge in [-0.15, -0.1) is 5.10 Å². The zero-order valence-electron chi connectivity index (χ0n) is 12.7.